The fourth-order valence-electron chi connectivity index (χ4n) is 2.65. The van der Waals surface area contributed by atoms with Crippen LogP contribution in [0.3, 0.4) is 0 Å². The van der Waals surface area contributed by atoms with Gasteiger partial charge in [0.2, 0.25) is 0 Å². The smallest absolute Gasteiger partial charge is 0.314 e. The molecule has 0 unspecified atom stereocenters. The maximum Gasteiger partial charge on any atom is 0.417 e. The second-order valence-electron chi connectivity index (χ2n) is 5.03. The largest absolute Gasteiger partial charge is 0.417 e. The van der Waals surface area contributed by atoms with Crippen LogP contribution >= 0.6 is 11.6 Å². The highest BCUT2D eigenvalue weighted by atomic mass is 35.5. The lowest BCUT2D eigenvalue weighted by Crippen LogP contribution is -2.45. The van der Waals surface area contributed by atoms with E-state index in [2.05, 4.69) is 16.8 Å². The van der Waals surface area contributed by atoms with Gasteiger partial charge in [0.15, 0.2) is 0 Å². The number of nitrogens with zero attached hydrogens (tertiary/aromatic N) is 1. The Morgan fingerprint density at radius 3 is 2.57 bits per heavy atom. The molecule has 0 aliphatic carbocycles. The average molecular weight is 319 g/mol. The van der Waals surface area contributed by atoms with Gasteiger partial charge in [-0.2, -0.15) is 13.2 Å². The highest BCUT2D eigenvalue weighted by molar-refractivity contribution is 6.32. The summed E-state index contributed by atoms with van der Waals surface area (Å²) in [6.07, 6.45) is -2.14. The molecule has 0 spiro atoms. The van der Waals surface area contributed by atoms with E-state index in [-0.39, 0.29) is 11.1 Å². The van der Waals surface area contributed by atoms with E-state index >= 15 is 0 Å². The van der Waals surface area contributed by atoms with Crippen LogP contribution in [0.25, 0.3) is 0 Å². The van der Waals surface area contributed by atoms with Crippen molar-refractivity contribution >= 4 is 11.6 Å². The van der Waals surface area contributed by atoms with Crippen molar-refractivity contribution in [2.45, 2.75) is 18.6 Å². The maximum atomic E-state index is 13.0. The molecular weight excluding hydrogens is 301 g/mol. The second-order valence-corrected chi connectivity index (χ2v) is 5.41. The van der Waals surface area contributed by atoms with Gasteiger partial charge in [-0.3, -0.25) is 4.90 Å². The Bertz CT molecular complexity index is 496. The Labute approximate surface area is 127 Å². The van der Waals surface area contributed by atoms with Crippen molar-refractivity contribution in [3.63, 3.8) is 0 Å². The number of nitrogens with one attached hydrogen (secondary N) is 1. The van der Waals surface area contributed by atoms with E-state index in [0.29, 0.717) is 12.0 Å². The van der Waals surface area contributed by atoms with Crippen LogP contribution in [0.4, 0.5) is 13.2 Å². The second kappa shape index (κ2) is 6.81. The van der Waals surface area contributed by atoms with Crippen LogP contribution in [0.5, 0.6) is 0 Å². The van der Waals surface area contributed by atoms with E-state index in [0.717, 1.165) is 32.2 Å². The number of hydrogen-bond donors (Lipinski definition) is 1. The SMILES string of the molecule is C=CC[C@@H](c1cccc(C(F)(F)F)c1Cl)N1CCNCC1. The van der Waals surface area contributed by atoms with Gasteiger partial charge in [-0.25, -0.2) is 0 Å². The molecule has 1 saturated heterocycles. The summed E-state index contributed by atoms with van der Waals surface area (Å²) in [5, 5.41) is 3.03. The molecule has 0 saturated carbocycles. The number of rotatable bonds is 4. The minimum absolute atomic E-state index is 0.167. The van der Waals surface area contributed by atoms with Crippen molar-refractivity contribution < 1.29 is 13.2 Å². The van der Waals surface area contributed by atoms with Crippen molar-refractivity contribution in [3.8, 4) is 0 Å². The monoisotopic (exact) mass is 318 g/mol. The van der Waals surface area contributed by atoms with Gasteiger partial charge >= 0.3 is 6.18 Å². The van der Waals surface area contributed by atoms with E-state index in [4.69, 9.17) is 11.6 Å². The standard InChI is InChI=1S/C15H18ClF3N2/c1-2-4-13(21-9-7-20-8-10-21)11-5-3-6-12(14(11)16)15(17,18)19/h2-3,5-6,13,20H,1,4,7-10H2/t13-/m0/s1. The lowest BCUT2D eigenvalue weighted by molar-refractivity contribution is -0.137. The van der Waals surface area contributed by atoms with Crippen molar-refractivity contribution in [3.05, 3.63) is 47.0 Å². The van der Waals surface area contributed by atoms with E-state index in [1.54, 1.807) is 12.1 Å². The molecule has 1 atom stereocenters. The van der Waals surface area contributed by atoms with Crippen LogP contribution in [0.1, 0.15) is 23.6 Å². The molecule has 1 aliphatic heterocycles. The van der Waals surface area contributed by atoms with Gasteiger partial charge in [0.1, 0.15) is 0 Å². The molecule has 1 aliphatic rings. The maximum absolute atomic E-state index is 13.0. The molecule has 1 fully saturated rings. The number of alkyl halides is 3. The van der Waals surface area contributed by atoms with Gasteiger partial charge in [0.05, 0.1) is 10.6 Å². The zero-order valence-electron chi connectivity index (χ0n) is 11.6. The number of hydrogen-bond acceptors (Lipinski definition) is 2. The van der Waals surface area contributed by atoms with Crippen LogP contribution in [0, 0.1) is 0 Å². The molecule has 1 heterocycles. The van der Waals surface area contributed by atoms with Gasteiger partial charge in [0.25, 0.3) is 0 Å². The summed E-state index contributed by atoms with van der Waals surface area (Å²) in [6.45, 7) is 6.93. The highest BCUT2D eigenvalue weighted by Gasteiger charge is 2.35. The van der Waals surface area contributed by atoms with Crippen molar-refractivity contribution in [2.75, 3.05) is 26.2 Å². The van der Waals surface area contributed by atoms with Gasteiger partial charge in [0, 0.05) is 32.2 Å². The lowest BCUT2D eigenvalue weighted by Gasteiger charge is -2.35. The Balaban J connectivity index is 2.38. The summed E-state index contributed by atoms with van der Waals surface area (Å²) in [4.78, 5) is 2.15. The third-order valence-corrected chi connectivity index (χ3v) is 4.10. The molecule has 2 nitrogen and oxygen atoms in total. The molecule has 0 aromatic heterocycles. The number of halogens is 4. The van der Waals surface area contributed by atoms with Crippen LogP contribution in [-0.2, 0) is 6.18 Å². The van der Waals surface area contributed by atoms with Crippen LogP contribution in [-0.4, -0.2) is 31.1 Å². The van der Waals surface area contributed by atoms with Gasteiger partial charge < -0.3 is 5.32 Å². The lowest BCUT2D eigenvalue weighted by atomic mass is 9.98. The molecule has 116 valence electrons. The highest BCUT2D eigenvalue weighted by Crippen LogP contribution is 2.40. The molecule has 0 radical (unpaired) electrons. The molecule has 0 amide bonds. The van der Waals surface area contributed by atoms with Gasteiger partial charge in [-0.15, -0.1) is 6.58 Å². The first-order valence-corrected chi connectivity index (χ1v) is 7.24. The third-order valence-electron chi connectivity index (χ3n) is 3.68. The summed E-state index contributed by atoms with van der Waals surface area (Å²) >= 11 is 6.05. The molecular formula is C15H18ClF3N2. The van der Waals surface area contributed by atoms with Crippen molar-refractivity contribution in [2.24, 2.45) is 0 Å². The zero-order valence-corrected chi connectivity index (χ0v) is 12.3. The summed E-state index contributed by atoms with van der Waals surface area (Å²) in [5.41, 5.74) is -0.251. The molecule has 1 N–H and O–H groups in total. The number of benzene rings is 1. The van der Waals surface area contributed by atoms with Crippen LogP contribution < -0.4 is 5.32 Å². The Kier molecular flexibility index (Phi) is 5.30. The molecule has 1 aromatic rings. The van der Waals surface area contributed by atoms with Crippen molar-refractivity contribution in [1.29, 1.82) is 0 Å². The topological polar surface area (TPSA) is 15.3 Å². The average Bonchev–Trinajstić information content (AvgIpc) is 2.45. The first kappa shape index (κ1) is 16.3. The fourth-order valence-corrected chi connectivity index (χ4v) is 3.01. The van der Waals surface area contributed by atoms with E-state index in [1.807, 2.05) is 0 Å². The number of piperazine rings is 1. The minimum atomic E-state index is -4.44. The van der Waals surface area contributed by atoms with E-state index < -0.39 is 11.7 Å². The van der Waals surface area contributed by atoms with Crippen LogP contribution in [0.2, 0.25) is 5.02 Å². The Hall–Kier alpha value is -1.04. The Morgan fingerprint density at radius 1 is 1.33 bits per heavy atom. The molecule has 6 heteroatoms. The molecule has 2 rings (SSSR count). The summed E-state index contributed by atoms with van der Waals surface area (Å²) in [5.74, 6) is 0. The minimum Gasteiger partial charge on any atom is -0.314 e. The predicted octanol–water partition coefficient (Wildman–Crippen LogP) is 3.88. The molecule has 0 bridgehead atoms. The van der Waals surface area contributed by atoms with E-state index in [9.17, 15) is 13.2 Å². The summed E-state index contributed by atoms with van der Waals surface area (Å²) < 4.78 is 39.0. The summed E-state index contributed by atoms with van der Waals surface area (Å²) in [7, 11) is 0. The normalized spacial score (nSPS) is 18.5. The van der Waals surface area contributed by atoms with E-state index in [1.165, 1.54) is 6.07 Å². The quantitative estimate of drug-likeness (QED) is 0.848. The first-order valence-electron chi connectivity index (χ1n) is 6.86. The predicted molar refractivity (Wildman–Crippen MR) is 78.5 cm³/mol. The first-order chi connectivity index (χ1) is 9.95. The zero-order chi connectivity index (χ0) is 15.5. The Morgan fingerprint density at radius 2 is 2.00 bits per heavy atom. The van der Waals surface area contributed by atoms with Crippen molar-refractivity contribution in [1.82, 2.24) is 10.2 Å². The van der Waals surface area contributed by atoms with Crippen LogP contribution in [0.15, 0.2) is 30.9 Å². The molecule has 21 heavy (non-hydrogen) atoms. The van der Waals surface area contributed by atoms with Gasteiger partial charge in [-0.05, 0) is 18.1 Å². The van der Waals surface area contributed by atoms with Gasteiger partial charge in [-0.1, -0.05) is 29.8 Å². The fraction of sp³-hybridized carbons (Fsp3) is 0.467. The summed E-state index contributed by atoms with van der Waals surface area (Å²) in [6, 6.07) is 3.95. The molecule has 1 aromatic carbocycles. The third kappa shape index (κ3) is 3.78.